The number of aliphatic carboxylic acids is 3. The van der Waals surface area contributed by atoms with Gasteiger partial charge in [-0.1, -0.05) is 0 Å². The van der Waals surface area contributed by atoms with Crippen LogP contribution in [0.2, 0.25) is 0 Å². The Morgan fingerprint density at radius 3 is 0.875 bits per heavy atom. The largest absolute Gasteiger partial charge is 3.00 e. The molecule has 0 heterocycles. The quantitative estimate of drug-likeness (QED) is 0.0199. The topological polar surface area (TPSA) is 676 Å². The third-order valence-corrected chi connectivity index (χ3v) is 12.7. The molecule has 24 N–H and O–H groups in total. The molecule has 41 nitrogen and oxygen atoms in total. The molecule has 0 aromatic heterocycles. The summed E-state index contributed by atoms with van der Waals surface area (Å²) >= 11 is 0. The molecule has 16 atom stereocenters. The van der Waals surface area contributed by atoms with E-state index in [1.165, 1.54) is 0 Å². The maximum atomic E-state index is 13.8. The summed E-state index contributed by atoms with van der Waals surface area (Å²) in [6.45, 7) is -15.6. The summed E-state index contributed by atoms with van der Waals surface area (Å²) in [5.41, 5.74) is 4.71. The van der Waals surface area contributed by atoms with Crippen LogP contribution < -0.4 is 36.9 Å². The number of carbonyl (C=O) groups excluding carboxylic acids is 7. The third-order valence-electron chi connectivity index (χ3n) is 12.7. The van der Waals surface area contributed by atoms with E-state index in [-0.39, 0.29) is 66.1 Å². The summed E-state index contributed by atoms with van der Waals surface area (Å²) in [6, 6.07) is 0. The Labute approximate surface area is 534 Å². The van der Waals surface area contributed by atoms with Crippen molar-refractivity contribution in [2.24, 2.45) is 0 Å². The molecule has 0 saturated heterocycles. The molecular formula is C46H86GdN9O32. The monoisotopic (exact) mass is 1430 g/mol. The van der Waals surface area contributed by atoms with Crippen LogP contribution in [0, 0.1) is 39.9 Å². The van der Waals surface area contributed by atoms with Crippen LogP contribution >= 0.6 is 0 Å². The van der Waals surface area contributed by atoms with Gasteiger partial charge in [0.15, 0.2) is 12.2 Å². The second-order valence-electron chi connectivity index (χ2n) is 19.5. The van der Waals surface area contributed by atoms with E-state index < -0.39 is 264 Å². The molecule has 0 spiro atoms. The van der Waals surface area contributed by atoms with E-state index >= 15 is 0 Å². The van der Waals surface area contributed by atoms with Gasteiger partial charge in [-0.05, 0) is 0 Å². The van der Waals surface area contributed by atoms with Gasteiger partial charge in [0.2, 0.25) is 11.8 Å². The Morgan fingerprint density at radius 2 is 0.591 bits per heavy atom. The molecule has 1 radical (unpaired) electrons. The Kier molecular flexibility index (Phi) is 46.7. The molecule has 0 saturated carbocycles. The van der Waals surface area contributed by atoms with Gasteiger partial charge >= 0.3 is 39.9 Å². The summed E-state index contributed by atoms with van der Waals surface area (Å²) in [7, 11) is 0. The number of aliphatic hydroxyl groups excluding tert-OH is 20. The fraction of sp³-hybridized carbons (Fsp3) is 0.848. The molecule has 0 bridgehead atoms. The summed E-state index contributed by atoms with van der Waals surface area (Å²) in [6.07, 6.45) is -33.3. The molecule has 0 aromatic rings. The zero-order chi connectivity index (χ0) is 66.7. The van der Waals surface area contributed by atoms with Crippen molar-refractivity contribution in [1.29, 1.82) is 0 Å². The second-order valence-corrected chi connectivity index (χ2v) is 19.5. The first-order valence-corrected chi connectivity index (χ1v) is 26.7. The molecule has 4 amide bonds. The predicted molar refractivity (Wildman–Crippen MR) is 276 cm³/mol. The summed E-state index contributed by atoms with van der Waals surface area (Å²) in [5, 5.41) is 235. The first kappa shape index (κ1) is 86.6. The van der Waals surface area contributed by atoms with Crippen molar-refractivity contribution in [3.63, 3.8) is 0 Å². The van der Waals surface area contributed by atoms with Crippen molar-refractivity contribution in [1.82, 2.24) is 46.1 Å². The summed E-state index contributed by atoms with van der Waals surface area (Å²) in [5.74, 6) is -9.88. The summed E-state index contributed by atoms with van der Waals surface area (Å²) in [4.78, 5) is 104. The van der Waals surface area contributed by atoms with Crippen molar-refractivity contribution in [3.8, 4) is 0 Å². The van der Waals surface area contributed by atoms with Gasteiger partial charge in [-0.25, -0.2) is 11.0 Å². The molecule has 88 heavy (non-hydrogen) atoms. The molecule has 0 aliphatic carbocycles. The van der Waals surface area contributed by atoms with E-state index in [1.54, 1.807) is 0 Å². The number of aliphatic hydroxyl groups is 20. The Bertz CT molecular complexity index is 1910. The molecule has 0 aromatic carbocycles. The molecule has 0 aliphatic rings. The van der Waals surface area contributed by atoms with Gasteiger partial charge in [0.25, 0.3) is 11.8 Å². The van der Waals surface area contributed by atoms with E-state index in [0.717, 1.165) is 24.5 Å². The molecule has 515 valence electrons. The van der Waals surface area contributed by atoms with Crippen molar-refractivity contribution in [2.75, 3.05) is 151 Å². The average Bonchev–Trinajstić information content (AvgIpc) is 3.68. The Balaban J connectivity index is 0. The smallest absolute Gasteiger partial charge is 0.549 e. The number of hydrogen-bond acceptors (Lipinski definition) is 37. The fourth-order valence-electron chi connectivity index (χ4n) is 7.43. The minimum atomic E-state index is -2.43. The van der Waals surface area contributed by atoms with Crippen molar-refractivity contribution >= 4 is 41.5 Å². The summed E-state index contributed by atoms with van der Waals surface area (Å²) < 4.78 is 0. The van der Waals surface area contributed by atoms with Crippen LogP contribution in [-0.2, 0) is 43.2 Å². The van der Waals surface area contributed by atoms with Gasteiger partial charge in [-0.3, -0.25) is 43.6 Å². The zero-order valence-electron chi connectivity index (χ0n) is 47.4. The van der Waals surface area contributed by atoms with Crippen molar-refractivity contribution < 1.29 is 201 Å². The number of carbonyl (C=O) groups is 7. The van der Waals surface area contributed by atoms with Crippen LogP contribution in [0.3, 0.4) is 0 Å². The van der Waals surface area contributed by atoms with E-state index in [1.807, 2.05) is 0 Å². The molecule has 0 fully saturated rings. The zero-order valence-corrected chi connectivity index (χ0v) is 49.7. The Hall–Kier alpha value is -3.47. The molecule has 0 aliphatic heterocycles. The maximum Gasteiger partial charge on any atom is 3.00 e. The molecule has 42 heteroatoms. The predicted octanol–water partition coefficient (Wildman–Crippen LogP) is -22.2. The van der Waals surface area contributed by atoms with Gasteiger partial charge in [0.05, 0.1) is 70.6 Å². The molecule has 0 rings (SSSR count). The van der Waals surface area contributed by atoms with E-state index in [9.17, 15) is 131 Å². The number of amides is 4. The average molecular weight is 1430 g/mol. The SMILES string of the molecule is O=C([O-])CN(CCN(CC(=O)[O-])CC(=O)N(CCNOCC(O)C(O)C(O)C(O)CO)CCNOCC(O)C(O)C(O)C(O)CO)CCN(CC(=O)[O-])CC(=O)N(CCNC(=O)C(O)C(O)C(O)C(O)CO)CCNC(=O)C(O)C(O)C(O)C(O)CO.[Gd+3]. The molecule has 16 unspecified atom stereocenters. The van der Waals surface area contributed by atoms with Gasteiger partial charge in [0.1, 0.15) is 85.5 Å². The standard InChI is InChI=1S/C46H89N9O32.Gd/c56-18-24(60)35(74)39(78)28(64)22-86-49-3-7-55(8-4-50-87-23-29(65)40(79)36(75)25(61)19-57)31(67)14-53(17-34(72)73)12-10-51(15-32(68)69)9-11-52(16-33(70)71)13-30(66)54(5-1-47-45(84)43(82)41(80)37(76)26(62)20-58)6-2-48-46(85)44(83)42(81)38(77)27(63)21-59;/h24-29,35-44,49-50,56-65,74-83H,1-23H2,(H,47,84)(H,48,85)(H,68,69)(H,70,71)(H,72,73);/q;+3/p-3. The van der Waals surface area contributed by atoms with Gasteiger partial charge < -0.3 is 152 Å². The van der Waals surface area contributed by atoms with E-state index in [4.69, 9.17) is 30.1 Å². The van der Waals surface area contributed by atoms with E-state index in [2.05, 4.69) is 21.6 Å². The number of carboxylic acids is 3. The van der Waals surface area contributed by atoms with Crippen LogP contribution in [-0.4, -0.2) is 417 Å². The van der Waals surface area contributed by atoms with Crippen LogP contribution in [0.25, 0.3) is 0 Å². The first-order valence-electron chi connectivity index (χ1n) is 26.7. The van der Waals surface area contributed by atoms with Crippen LogP contribution in [0.4, 0.5) is 0 Å². The van der Waals surface area contributed by atoms with Crippen LogP contribution in [0.5, 0.6) is 0 Å². The van der Waals surface area contributed by atoms with Gasteiger partial charge in [-0.2, -0.15) is 0 Å². The third kappa shape index (κ3) is 34.3. The van der Waals surface area contributed by atoms with Gasteiger partial charge in [0, 0.05) is 98.2 Å². The molecular weight excluding hydrogens is 1350 g/mol. The minimum absolute atomic E-state index is 0. The van der Waals surface area contributed by atoms with Crippen molar-refractivity contribution in [2.45, 2.75) is 97.7 Å². The number of nitrogens with zero attached hydrogens (tertiary/aromatic N) is 5. The van der Waals surface area contributed by atoms with Crippen molar-refractivity contribution in [3.05, 3.63) is 0 Å². The number of carboxylic acid groups (broad SMARTS) is 3. The fourth-order valence-corrected chi connectivity index (χ4v) is 7.43. The number of hydrogen-bond donors (Lipinski definition) is 24. The van der Waals surface area contributed by atoms with Gasteiger partial charge in [-0.15, -0.1) is 0 Å². The number of hydroxylamine groups is 2. The Morgan fingerprint density at radius 1 is 0.341 bits per heavy atom. The number of nitrogens with one attached hydrogen (secondary N) is 4. The number of rotatable bonds is 52. The van der Waals surface area contributed by atoms with E-state index in [0.29, 0.717) is 0 Å². The minimum Gasteiger partial charge on any atom is -0.549 e. The maximum absolute atomic E-state index is 13.8. The van der Waals surface area contributed by atoms with Crippen LogP contribution in [0.1, 0.15) is 0 Å². The van der Waals surface area contributed by atoms with Crippen LogP contribution in [0.15, 0.2) is 0 Å². The first-order chi connectivity index (χ1) is 40.8. The normalized spacial score (nSPS) is 17.4. The second kappa shape index (κ2) is 47.4.